The van der Waals surface area contributed by atoms with Crippen molar-refractivity contribution in [2.45, 2.75) is 0 Å². The zero-order chi connectivity index (χ0) is 20.9. The van der Waals surface area contributed by atoms with Gasteiger partial charge in [0.2, 0.25) is 5.91 Å². The molecule has 0 radical (unpaired) electrons. The second kappa shape index (κ2) is 8.78. The van der Waals surface area contributed by atoms with Crippen molar-refractivity contribution in [3.05, 3.63) is 83.9 Å². The highest BCUT2D eigenvalue weighted by molar-refractivity contribution is 6.07. The van der Waals surface area contributed by atoms with Crippen molar-refractivity contribution in [3.63, 3.8) is 0 Å². The summed E-state index contributed by atoms with van der Waals surface area (Å²) >= 11 is 0. The lowest BCUT2D eigenvalue weighted by Gasteiger charge is -2.35. The molecule has 30 heavy (non-hydrogen) atoms. The fourth-order valence-corrected chi connectivity index (χ4v) is 3.70. The van der Waals surface area contributed by atoms with Gasteiger partial charge in [0, 0.05) is 37.3 Å². The highest BCUT2D eigenvalue weighted by Gasteiger charge is 2.25. The quantitative estimate of drug-likeness (QED) is 0.731. The minimum Gasteiger partial charge on any atom is -0.343 e. The number of hydrogen-bond acceptors (Lipinski definition) is 3. The summed E-state index contributed by atoms with van der Waals surface area (Å²) < 4.78 is 0. The molecule has 0 saturated carbocycles. The molecule has 1 aliphatic heterocycles. The van der Waals surface area contributed by atoms with Crippen LogP contribution >= 0.6 is 0 Å². The lowest BCUT2D eigenvalue weighted by atomic mass is 10.0. The zero-order valence-electron chi connectivity index (χ0n) is 16.6. The highest BCUT2D eigenvalue weighted by atomic mass is 16.2. The van der Waals surface area contributed by atoms with Gasteiger partial charge in [0.05, 0.1) is 6.54 Å². The summed E-state index contributed by atoms with van der Waals surface area (Å²) in [5.41, 5.74) is 1.21. The van der Waals surface area contributed by atoms with Crippen LogP contribution in [0.4, 0.5) is 0 Å². The van der Waals surface area contributed by atoms with Gasteiger partial charge in [-0.2, -0.15) is 0 Å². The minimum atomic E-state index is -0.270. The molecule has 3 amide bonds. The second-order valence-corrected chi connectivity index (χ2v) is 7.25. The van der Waals surface area contributed by atoms with Gasteiger partial charge in [-0.15, -0.1) is 0 Å². The molecule has 1 aliphatic rings. The fourth-order valence-electron chi connectivity index (χ4n) is 3.70. The van der Waals surface area contributed by atoms with E-state index in [0.29, 0.717) is 37.3 Å². The van der Waals surface area contributed by atoms with Gasteiger partial charge in [-0.1, -0.05) is 54.6 Å². The molecule has 0 bridgehead atoms. The SMILES string of the molecule is O=C(NCC(=O)N1CCN(C(=O)c2cccc3ccccc23)CC1)c1ccccc1. The lowest BCUT2D eigenvalue weighted by Crippen LogP contribution is -2.52. The molecular formula is C24H23N3O3. The van der Waals surface area contributed by atoms with Crippen molar-refractivity contribution >= 4 is 28.5 Å². The summed E-state index contributed by atoms with van der Waals surface area (Å²) in [5.74, 6) is -0.429. The molecule has 0 aliphatic carbocycles. The Kier molecular flexibility index (Phi) is 5.75. The van der Waals surface area contributed by atoms with Crippen LogP contribution in [0.1, 0.15) is 20.7 Å². The van der Waals surface area contributed by atoms with E-state index < -0.39 is 0 Å². The Balaban J connectivity index is 1.32. The van der Waals surface area contributed by atoms with E-state index in [2.05, 4.69) is 5.32 Å². The van der Waals surface area contributed by atoms with Crippen LogP contribution in [-0.4, -0.2) is 60.2 Å². The molecule has 0 atom stereocenters. The molecule has 0 aromatic heterocycles. The van der Waals surface area contributed by atoms with Crippen LogP contribution in [-0.2, 0) is 4.79 Å². The minimum absolute atomic E-state index is 0.0173. The number of carbonyl (C=O) groups excluding carboxylic acids is 3. The van der Waals surface area contributed by atoms with Crippen LogP contribution < -0.4 is 5.32 Å². The van der Waals surface area contributed by atoms with E-state index >= 15 is 0 Å². The van der Waals surface area contributed by atoms with Crippen molar-refractivity contribution in [3.8, 4) is 0 Å². The largest absolute Gasteiger partial charge is 0.343 e. The number of nitrogens with zero attached hydrogens (tertiary/aromatic N) is 2. The van der Waals surface area contributed by atoms with Gasteiger partial charge in [-0.3, -0.25) is 14.4 Å². The Morgan fingerprint density at radius 1 is 0.733 bits per heavy atom. The molecule has 6 heteroatoms. The smallest absolute Gasteiger partial charge is 0.254 e. The molecule has 1 saturated heterocycles. The molecular weight excluding hydrogens is 378 g/mol. The summed E-state index contributed by atoms with van der Waals surface area (Å²) in [6.07, 6.45) is 0. The summed E-state index contributed by atoms with van der Waals surface area (Å²) in [7, 11) is 0. The molecule has 152 valence electrons. The average molecular weight is 401 g/mol. The van der Waals surface area contributed by atoms with Crippen LogP contribution in [0.15, 0.2) is 72.8 Å². The van der Waals surface area contributed by atoms with Crippen LogP contribution in [0.3, 0.4) is 0 Å². The maximum Gasteiger partial charge on any atom is 0.254 e. The van der Waals surface area contributed by atoms with Gasteiger partial charge >= 0.3 is 0 Å². The van der Waals surface area contributed by atoms with E-state index in [4.69, 9.17) is 0 Å². The van der Waals surface area contributed by atoms with Crippen molar-refractivity contribution in [1.82, 2.24) is 15.1 Å². The first-order valence-corrected chi connectivity index (χ1v) is 10.0. The predicted octanol–water partition coefficient (Wildman–Crippen LogP) is 2.55. The first-order valence-electron chi connectivity index (χ1n) is 10.0. The molecule has 4 rings (SSSR count). The number of amides is 3. The number of fused-ring (bicyclic) bond motifs is 1. The predicted molar refractivity (Wildman–Crippen MR) is 115 cm³/mol. The molecule has 1 fully saturated rings. The Morgan fingerprint density at radius 3 is 2.13 bits per heavy atom. The Labute approximate surface area is 175 Å². The fraction of sp³-hybridized carbons (Fsp3) is 0.208. The monoisotopic (exact) mass is 401 g/mol. The van der Waals surface area contributed by atoms with Gasteiger partial charge in [0.25, 0.3) is 11.8 Å². The van der Waals surface area contributed by atoms with Crippen LogP contribution in [0.2, 0.25) is 0 Å². The lowest BCUT2D eigenvalue weighted by molar-refractivity contribution is -0.131. The number of rotatable bonds is 4. The van der Waals surface area contributed by atoms with E-state index in [-0.39, 0.29) is 24.3 Å². The molecule has 0 unspecified atom stereocenters. The molecule has 6 nitrogen and oxygen atoms in total. The molecule has 0 spiro atoms. The summed E-state index contributed by atoms with van der Waals surface area (Å²) in [5, 5.41) is 4.64. The number of hydrogen-bond donors (Lipinski definition) is 1. The third-order valence-electron chi connectivity index (χ3n) is 5.38. The standard InChI is InChI=1S/C24H23N3O3/c28-22(17-25-23(29)19-8-2-1-3-9-19)26-13-15-27(16-14-26)24(30)21-12-6-10-18-7-4-5-11-20(18)21/h1-12H,13-17H2,(H,25,29). The first kappa shape index (κ1) is 19.6. The third-order valence-corrected chi connectivity index (χ3v) is 5.38. The second-order valence-electron chi connectivity index (χ2n) is 7.25. The maximum atomic E-state index is 13.0. The highest BCUT2D eigenvalue weighted by Crippen LogP contribution is 2.20. The van der Waals surface area contributed by atoms with E-state index in [1.165, 1.54) is 0 Å². The molecule has 3 aromatic carbocycles. The topological polar surface area (TPSA) is 69.7 Å². The molecule has 1 heterocycles. The van der Waals surface area contributed by atoms with Crippen LogP contribution in [0.5, 0.6) is 0 Å². The number of piperazine rings is 1. The zero-order valence-corrected chi connectivity index (χ0v) is 16.6. The van der Waals surface area contributed by atoms with E-state index in [1.54, 1.807) is 34.1 Å². The van der Waals surface area contributed by atoms with Gasteiger partial charge in [0.15, 0.2) is 0 Å². The van der Waals surface area contributed by atoms with Gasteiger partial charge < -0.3 is 15.1 Å². The van der Waals surface area contributed by atoms with Crippen molar-refractivity contribution in [1.29, 1.82) is 0 Å². The van der Waals surface area contributed by atoms with E-state index in [0.717, 1.165) is 10.8 Å². The van der Waals surface area contributed by atoms with Crippen LogP contribution in [0, 0.1) is 0 Å². The summed E-state index contributed by atoms with van der Waals surface area (Å²) in [6.45, 7) is 1.80. The van der Waals surface area contributed by atoms with Gasteiger partial charge in [-0.25, -0.2) is 0 Å². The van der Waals surface area contributed by atoms with Crippen molar-refractivity contribution in [2.24, 2.45) is 0 Å². The van der Waals surface area contributed by atoms with Gasteiger partial charge in [-0.05, 0) is 29.0 Å². The van der Waals surface area contributed by atoms with Crippen LogP contribution in [0.25, 0.3) is 10.8 Å². The average Bonchev–Trinajstić information content (AvgIpc) is 2.82. The van der Waals surface area contributed by atoms with Crippen molar-refractivity contribution < 1.29 is 14.4 Å². The van der Waals surface area contributed by atoms with Crippen molar-refractivity contribution in [2.75, 3.05) is 32.7 Å². The Bertz CT molecular complexity index is 1070. The van der Waals surface area contributed by atoms with Gasteiger partial charge in [0.1, 0.15) is 0 Å². The normalized spacial score (nSPS) is 13.9. The first-order chi connectivity index (χ1) is 14.6. The summed E-state index contributed by atoms with van der Waals surface area (Å²) in [4.78, 5) is 41.1. The number of nitrogens with one attached hydrogen (secondary N) is 1. The Morgan fingerprint density at radius 2 is 1.37 bits per heavy atom. The Hall–Kier alpha value is -3.67. The van der Waals surface area contributed by atoms with E-state index in [9.17, 15) is 14.4 Å². The third kappa shape index (κ3) is 4.17. The summed E-state index contributed by atoms with van der Waals surface area (Å²) in [6, 6.07) is 22.4. The maximum absolute atomic E-state index is 13.0. The molecule has 1 N–H and O–H groups in total. The number of benzene rings is 3. The number of carbonyl (C=O) groups is 3. The molecule has 3 aromatic rings. The van der Waals surface area contributed by atoms with E-state index in [1.807, 2.05) is 48.5 Å².